The molecule has 1 N–H and O–H groups in total. The number of aryl methyl sites for hydroxylation is 2. The van der Waals surface area contributed by atoms with E-state index in [0.29, 0.717) is 0 Å². The molecule has 0 aliphatic carbocycles. The zero-order valence-corrected chi connectivity index (χ0v) is 9.59. The Hall–Kier alpha value is -1.61. The lowest BCUT2D eigenvalue weighted by atomic mass is 10.1. The topological polar surface area (TPSA) is 38.0 Å². The summed E-state index contributed by atoms with van der Waals surface area (Å²) in [6, 6.07) is 11.6. The number of aliphatic hydroxyl groups is 1. The van der Waals surface area contributed by atoms with E-state index < -0.39 is 6.10 Å². The first-order valence-electron chi connectivity index (χ1n) is 5.48. The van der Waals surface area contributed by atoms with Crippen molar-refractivity contribution in [1.82, 2.24) is 9.78 Å². The highest BCUT2D eigenvalue weighted by Gasteiger charge is 2.15. The van der Waals surface area contributed by atoms with Gasteiger partial charge < -0.3 is 5.11 Å². The van der Waals surface area contributed by atoms with Gasteiger partial charge in [0.15, 0.2) is 0 Å². The number of rotatable bonds is 3. The molecule has 3 nitrogen and oxygen atoms in total. The maximum atomic E-state index is 10.2. The van der Waals surface area contributed by atoms with Crippen LogP contribution in [0.3, 0.4) is 0 Å². The molecule has 0 amide bonds. The van der Waals surface area contributed by atoms with Gasteiger partial charge in [-0.3, -0.25) is 4.68 Å². The Morgan fingerprint density at radius 2 is 2.00 bits per heavy atom. The zero-order chi connectivity index (χ0) is 11.5. The molecule has 0 aliphatic heterocycles. The van der Waals surface area contributed by atoms with Crippen LogP contribution in [0.4, 0.5) is 0 Å². The molecule has 0 saturated carbocycles. The molecule has 2 rings (SSSR count). The predicted octanol–water partition coefficient (Wildman–Crippen LogP) is 2.06. The summed E-state index contributed by atoms with van der Waals surface area (Å²) >= 11 is 0. The van der Waals surface area contributed by atoms with Gasteiger partial charge in [-0.1, -0.05) is 37.3 Å². The van der Waals surface area contributed by atoms with E-state index in [4.69, 9.17) is 0 Å². The molecule has 16 heavy (non-hydrogen) atoms. The minimum atomic E-state index is -0.598. The molecule has 3 heteroatoms. The number of aliphatic hydroxyl groups excluding tert-OH is 1. The van der Waals surface area contributed by atoms with Crippen molar-refractivity contribution in [3.63, 3.8) is 0 Å². The quantitative estimate of drug-likeness (QED) is 0.852. The molecule has 0 aliphatic rings. The third kappa shape index (κ3) is 1.99. The van der Waals surface area contributed by atoms with Crippen molar-refractivity contribution in [3.8, 4) is 0 Å². The van der Waals surface area contributed by atoms with Crippen molar-refractivity contribution >= 4 is 0 Å². The Morgan fingerprint density at radius 3 is 2.56 bits per heavy atom. The van der Waals surface area contributed by atoms with Crippen molar-refractivity contribution < 1.29 is 5.11 Å². The van der Waals surface area contributed by atoms with E-state index in [0.717, 1.165) is 23.4 Å². The van der Waals surface area contributed by atoms with Crippen molar-refractivity contribution in [2.75, 3.05) is 0 Å². The van der Waals surface area contributed by atoms with Crippen LogP contribution in [0.15, 0.2) is 36.4 Å². The van der Waals surface area contributed by atoms with Gasteiger partial charge in [-0.15, -0.1) is 0 Å². The fourth-order valence-electron chi connectivity index (χ4n) is 1.78. The largest absolute Gasteiger partial charge is 0.382 e. The van der Waals surface area contributed by atoms with E-state index in [2.05, 4.69) is 12.0 Å². The summed E-state index contributed by atoms with van der Waals surface area (Å²) in [5, 5.41) is 14.6. The molecule has 1 heterocycles. The fourth-order valence-corrected chi connectivity index (χ4v) is 1.78. The first kappa shape index (κ1) is 10.9. The standard InChI is InChI=1S/C13H16N2O/c1-3-11-9-12(15(2)14-11)13(16)10-7-5-4-6-8-10/h4-9,13,16H,3H2,1-2H3. The zero-order valence-electron chi connectivity index (χ0n) is 9.59. The Balaban J connectivity index is 2.33. The molecule has 0 spiro atoms. The molecular formula is C13H16N2O. The molecule has 0 bridgehead atoms. The second-order valence-electron chi connectivity index (χ2n) is 3.85. The van der Waals surface area contributed by atoms with Crippen LogP contribution in [0.25, 0.3) is 0 Å². The molecule has 2 aromatic rings. The van der Waals surface area contributed by atoms with Crippen LogP contribution in [-0.4, -0.2) is 14.9 Å². The molecule has 1 aromatic heterocycles. The van der Waals surface area contributed by atoms with Crippen LogP contribution in [0.2, 0.25) is 0 Å². The number of hydrogen-bond donors (Lipinski definition) is 1. The van der Waals surface area contributed by atoms with Crippen LogP contribution in [-0.2, 0) is 13.5 Å². The Bertz CT molecular complexity index is 462. The molecule has 1 aromatic carbocycles. The molecule has 84 valence electrons. The maximum absolute atomic E-state index is 10.2. The first-order chi connectivity index (χ1) is 7.72. The van der Waals surface area contributed by atoms with E-state index in [1.54, 1.807) is 4.68 Å². The van der Waals surface area contributed by atoms with E-state index >= 15 is 0 Å². The van der Waals surface area contributed by atoms with Gasteiger partial charge in [-0.05, 0) is 18.1 Å². The van der Waals surface area contributed by atoms with Crippen molar-refractivity contribution in [3.05, 3.63) is 53.3 Å². The van der Waals surface area contributed by atoms with Crippen molar-refractivity contribution in [2.24, 2.45) is 7.05 Å². The molecule has 0 radical (unpaired) electrons. The van der Waals surface area contributed by atoms with E-state index in [9.17, 15) is 5.11 Å². The Morgan fingerprint density at radius 1 is 1.31 bits per heavy atom. The van der Waals surface area contributed by atoms with Gasteiger partial charge in [0.25, 0.3) is 0 Å². The van der Waals surface area contributed by atoms with Gasteiger partial charge in [0, 0.05) is 7.05 Å². The average Bonchev–Trinajstić information content (AvgIpc) is 2.71. The smallest absolute Gasteiger partial charge is 0.121 e. The summed E-state index contributed by atoms with van der Waals surface area (Å²) in [4.78, 5) is 0. The predicted molar refractivity (Wildman–Crippen MR) is 63.1 cm³/mol. The Kier molecular flexibility index (Phi) is 3.06. The normalized spacial score (nSPS) is 12.7. The lowest BCUT2D eigenvalue weighted by molar-refractivity contribution is 0.210. The number of hydrogen-bond acceptors (Lipinski definition) is 2. The van der Waals surface area contributed by atoms with Crippen molar-refractivity contribution in [2.45, 2.75) is 19.4 Å². The average molecular weight is 216 g/mol. The minimum absolute atomic E-state index is 0.598. The number of benzene rings is 1. The lowest BCUT2D eigenvalue weighted by Gasteiger charge is -2.10. The highest BCUT2D eigenvalue weighted by Crippen LogP contribution is 2.21. The van der Waals surface area contributed by atoms with Gasteiger partial charge in [0.2, 0.25) is 0 Å². The number of aromatic nitrogens is 2. The maximum Gasteiger partial charge on any atom is 0.121 e. The third-order valence-corrected chi connectivity index (χ3v) is 2.72. The first-order valence-corrected chi connectivity index (χ1v) is 5.48. The van der Waals surface area contributed by atoms with Crippen LogP contribution in [0, 0.1) is 0 Å². The van der Waals surface area contributed by atoms with Crippen LogP contribution in [0.5, 0.6) is 0 Å². The highest BCUT2D eigenvalue weighted by atomic mass is 16.3. The summed E-state index contributed by atoms with van der Waals surface area (Å²) in [6.07, 6.45) is 0.286. The molecule has 0 saturated heterocycles. The molecular weight excluding hydrogens is 200 g/mol. The van der Waals surface area contributed by atoms with Gasteiger partial charge in [0.05, 0.1) is 11.4 Å². The molecule has 1 unspecified atom stereocenters. The monoisotopic (exact) mass is 216 g/mol. The summed E-state index contributed by atoms with van der Waals surface area (Å²) in [5.74, 6) is 0. The summed E-state index contributed by atoms with van der Waals surface area (Å²) in [7, 11) is 1.86. The van der Waals surface area contributed by atoms with Gasteiger partial charge >= 0.3 is 0 Å². The fraction of sp³-hybridized carbons (Fsp3) is 0.308. The minimum Gasteiger partial charge on any atom is -0.382 e. The van der Waals surface area contributed by atoms with E-state index in [1.165, 1.54) is 0 Å². The summed E-state index contributed by atoms with van der Waals surface area (Å²) < 4.78 is 1.75. The van der Waals surface area contributed by atoms with Crippen LogP contribution < -0.4 is 0 Å². The van der Waals surface area contributed by atoms with Crippen LogP contribution >= 0.6 is 0 Å². The van der Waals surface area contributed by atoms with Gasteiger partial charge in [0.1, 0.15) is 6.10 Å². The van der Waals surface area contributed by atoms with Gasteiger partial charge in [-0.25, -0.2) is 0 Å². The third-order valence-electron chi connectivity index (χ3n) is 2.72. The Labute approximate surface area is 95.3 Å². The van der Waals surface area contributed by atoms with E-state index in [1.807, 2.05) is 43.4 Å². The second-order valence-corrected chi connectivity index (χ2v) is 3.85. The van der Waals surface area contributed by atoms with Crippen LogP contribution in [0.1, 0.15) is 30.0 Å². The SMILES string of the molecule is CCc1cc(C(O)c2ccccc2)n(C)n1. The second kappa shape index (κ2) is 4.49. The molecule has 1 atom stereocenters. The van der Waals surface area contributed by atoms with Crippen molar-refractivity contribution in [1.29, 1.82) is 0 Å². The molecule has 0 fully saturated rings. The van der Waals surface area contributed by atoms with E-state index in [-0.39, 0.29) is 0 Å². The van der Waals surface area contributed by atoms with Gasteiger partial charge in [-0.2, -0.15) is 5.10 Å². The summed E-state index contributed by atoms with van der Waals surface area (Å²) in [6.45, 7) is 2.06. The highest BCUT2D eigenvalue weighted by molar-refractivity contribution is 5.26. The summed E-state index contributed by atoms with van der Waals surface area (Å²) in [5.41, 5.74) is 2.74. The number of nitrogens with zero attached hydrogens (tertiary/aromatic N) is 2. The lowest BCUT2D eigenvalue weighted by Crippen LogP contribution is -2.06.